The molecule has 0 aromatic rings. The first kappa shape index (κ1) is 10.4. The van der Waals surface area contributed by atoms with E-state index >= 15 is 0 Å². The van der Waals surface area contributed by atoms with Crippen LogP contribution in [-0.4, -0.2) is 25.0 Å². The average Bonchev–Trinajstić information content (AvgIpc) is 1.98. The van der Waals surface area contributed by atoms with Gasteiger partial charge in [-0.2, -0.15) is 0 Å². The van der Waals surface area contributed by atoms with Crippen molar-refractivity contribution in [1.82, 2.24) is 5.32 Å². The van der Waals surface area contributed by atoms with Gasteiger partial charge >= 0.3 is 0 Å². The molecule has 0 aromatic carbocycles. The third-order valence-electron chi connectivity index (χ3n) is 1.46. The molecule has 1 amide bonds. The molecule has 0 unspecified atom stereocenters. The molecule has 0 saturated carbocycles. The van der Waals surface area contributed by atoms with Gasteiger partial charge in [0.05, 0.1) is 6.04 Å². The quantitative estimate of drug-likeness (QED) is 0.494. The summed E-state index contributed by atoms with van der Waals surface area (Å²) in [5.41, 5.74) is 10.7. The van der Waals surface area contributed by atoms with Crippen LogP contribution in [-0.2, 0) is 4.79 Å². The van der Waals surface area contributed by atoms with E-state index in [1.165, 1.54) is 0 Å². The normalized spacial score (nSPS) is 13.2. The standard InChI is InChI=1S/C7H17N3O/c1-5(2)6(9)7(11)10-4-3-8/h5-6H,3-4,8-9H2,1-2H3,(H,10,11)/t6-/m0/s1. The fraction of sp³-hybridized carbons (Fsp3) is 0.857. The summed E-state index contributed by atoms with van der Waals surface area (Å²) in [5, 5.41) is 2.62. The Kier molecular flexibility index (Phi) is 4.81. The predicted molar refractivity (Wildman–Crippen MR) is 44.9 cm³/mol. The fourth-order valence-electron chi connectivity index (χ4n) is 0.616. The van der Waals surface area contributed by atoms with E-state index in [0.29, 0.717) is 13.1 Å². The van der Waals surface area contributed by atoms with Gasteiger partial charge in [-0.05, 0) is 5.92 Å². The van der Waals surface area contributed by atoms with E-state index in [1.54, 1.807) is 0 Å². The van der Waals surface area contributed by atoms with Crippen LogP contribution in [0.4, 0.5) is 0 Å². The summed E-state index contributed by atoms with van der Waals surface area (Å²) < 4.78 is 0. The molecule has 0 aliphatic heterocycles. The highest BCUT2D eigenvalue weighted by Gasteiger charge is 2.15. The van der Waals surface area contributed by atoms with Crippen molar-refractivity contribution in [2.45, 2.75) is 19.9 Å². The van der Waals surface area contributed by atoms with Crippen LogP contribution in [0.5, 0.6) is 0 Å². The van der Waals surface area contributed by atoms with Gasteiger partial charge in [-0.1, -0.05) is 13.8 Å². The Hall–Kier alpha value is -0.610. The second-order valence-electron chi connectivity index (χ2n) is 2.85. The van der Waals surface area contributed by atoms with Crippen LogP contribution in [0.1, 0.15) is 13.8 Å². The average molecular weight is 159 g/mol. The van der Waals surface area contributed by atoms with E-state index in [-0.39, 0.29) is 11.8 Å². The summed E-state index contributed by atoms with van der Waals surface area (Å²) in [4.78, 5) is 11.1. The maximum Gasteiger partial charge on any atom is 0.237 e. The number of hydrogen-bond acceptors (Lipinski definition) is 3. The molecule has 1 atom stereocenters. The van der Waals surface area contributed by atoms with Crippen molar-refractivity contribution in [1.29, 1.82) is 0 Å². The van der Waals surface area contributed by atoms with Crippen molar-refractivity contribution in [3.8, 4) is 0 Å². The van der Waals surface area contributed by atoms with Crippen LogP contribution < -0.4 is 16.8 Å². The number of hydrogen-bond donors (Lipinski definition) is 3. The number of carbonyl (C=O) groups is 1. The first-order valence-electron chi connectivity index (χ1n) is 3.83. The maximum atomic E-state index is 11.1. The molecular formula is C7H17N3O. The van der Waals surface area contributed by atoms with E-state index in [4.69, 9.17) is 11.5 Å². The zero-order valence-corrected chi connectivity index (χ0v) is 7.13. The molecule has 0 heterocycles. The van der Waals surface area contributed by atoms with Gasteiger partial charge in [0.2, 0.25) is 5.91 Å². The monoisotopic (exact) mass is 159 g/mol. The molecular weight excluding hydrogens is 142 g/mol. The highest BCUT2D eigenvalue weighted by Crippen LogP contribution is 1.96. The first-order chi connectivity index (χ1) is 5.09. The molecule has 0 radical (unpaired) electrons. The first-order valence-corrected chi connectivity index (χ1v) is 3.83. The molecule has 4 nitrogen and oxygen atoms in total. The van der Waals surface area contributed by atoms with Crippen molar-refractivity contribution < 1.29 is 4.79 Å². The van der Waals surface area contributed by atoms with Crippen LogP contribution in [0, 0.1) is 5.92 Å². The van der Waals surface area contributed by atoms with E-state index in [2.05, 4.69) is 5.32 Å². The minimum atomic E-state index is -0.415. The molecule has 66 valence electrons. The summed E-state index contributed by atoms with van der Waals surface area (Å²) in [7, 11) is 0. The lowest BCUT2D eigenvalue weighted by molar-refractivity contribution is -0.123. The van der Waals surface area contributed by atoms with E-state index in [1.807, 2.05) is 13.8 Å². The zero-order chi connectivity index (χ0) is 8.85. The number of rotatable bonds is 4. The van der Waals surface area contributed by atoms with E-state index in [9.17, 15) is 4.79 Å². The van der Waals surface area contributed by atoms with E-state index < -0.39 is 6.04 Å². The van der Waals surface area contributed by atoms with Gasteiger partial charge in [0, 0.05) is 13.1 Å². The Morgan fingerprint density at radius 3 is 2.45 bits per heavy atom. The second-order valence-corrected chi connectivity index (χ2v) is 2.85. The van der Waals surface area contributed by atoms with Gasteiger partial charge in [-0.3, -0.25) is 4.79 Å². The largest absolute Gasteiger partial charge is 0.353 e. The molecule has 0 saturated heterocycles. The second kappa shape index (κ2) is 5.09. The number of amides is 1. The van der Waals surface area contributed by atoms with Crippen molar-refractivity contribution >= 4 is 5.91 Å². The molecule has 4 heteroatoms. The topological polar surface area (TPSA) is 81.1 Å². The van der Waals surface area contributed by atoms with Crippen molar-refractivity contribution in [3.05, 3.63) is 0 Å². The van der Waals surface area contributed by atoms with Crippen molar-refractivity contribution in [3.63, 3.8) is 0 Å². The predicted octanol–water partition coefficient (Wildman–Crippen LogP) is -0.955. The fourth-order valence-corrected chi connectivity index (χ4v) is 0.616. The Morgan fingerprint density at radius 1 is 1.55 bits per heavy atom. The van der Waals surface area contributed by atoms with Crippen LogP contribution in [0.2, 0.25) is 0 Å². The lowest BCUT2D eigenvalue weighted by Gasteiger charge is -2.14. The smallest absolute Gasteiger partial charge is 0.237 e. The summed E-state index contributed by atoms with van der Waals surface area (Å²) in [5.74, 6) is 0.0539. The summed E-state index contributed by atoms with van der Waals surface area (Å²) in [6, 6.07) is -0.415. The van der Waals surface area contributed by atoms with Crippen LogP contribution in [0.25, 0.3) is 0 Å². The van der Waals surface area contributed by atoms with Crippen molar-refractivity contribution in [2.75, 3.05) is 13.1 Å². The molecule has 0 rings (SSSR count). The lowest BCUT2D eigenvalue weighted by Crippen LogP contribution is -2.45. The minimum Gasteiger partial charge on any atom is -0.353 e. The van der Waals surface area contributed by atoms with Crippen molar-refractivity contribution in [2.24, 2.45) is 17.4 Å². The Labute approximate surface area is 67.3 Å². The Bertz CT molecular complexity index is 125. The molecule has 0 aliphatic carbocycles. The van der Waals surface area contributed by atoms with E-state index in [0.717, 1.165) is 0 Å². The molecule has 0 aromatic heterocycles. The zero-order valence-electron chi connectivity index (χ0n) is 7.13. The number of carbonyl (C=O) groups excluding carboxylic acids is 1. The number of nitrogens with two attached hydrogens (primary N) is 2. The lowest BCUT2D eigenvalue weighted by atomic mass is 10.1. The van der Waals surface area contributed by atoms with Crippen LogP contribution in [0.15, 0.2) is 0 Å². The molecule has 0 aliphatic rings. The summed E-state index contributed by atoms with van der Waals surface area (Å²) in [6.07, 6.45) is 0. The highest BCUT2D eigenvalue weighted by atomic mass is 16.2. The van der Waals surface area contributed by atoms with Gasteiger partial charge in [-0.25, -0.2) is 0 Å². The molecule has 0 spiro atoms. The summed E-state index contributed by atoms with van der Waals surface area (Å²) in [6.45, 7) is 4.77. The maximum absolute atomic E-state index is 11.1. The minimum absolute atomic E-state index is 0.120. The Balaban J connectivity index is 3.64. The molecule has 11 heavy (non-hydrogen) atoms. The molecule has 0 bridgehead atoms. The van der Waals surface area contributed by atoms with Crippen LogP contribution in [0.3, 0.4) is 0 Å². The third-order valence-corrected chi connectivity index (χ3v) is 1.46. The molecule has 5 N–H and O–H groups in total. The number of nitrogens with one attached hydrogen (secondary N) is 1. The van der Waals surface area contributed by atoms with Gasteiger partial charge in [0.15, 0.2) is 0 Å². The van der Waals surface area contributed by atoms with Crippen LogP contribution >= 0.6 is 0 Å². The van der Waals surface area contributed by atoms with Gasteiger partial charge in [0.25, 0.3) is 0 Å². The third kappa shape index (κ3) is 3.95. The Morgan fingerprint density at radius 2 is 2.09 bits per heavy atom. The van der Waals surface area contributed by atoms with Gasteiger partial charge in [0.1, 0.15) is 0 Å². The van der Waals surface area contributed by atoms with Gasteiger partial charge in [-0.15, -0.1) is 0 Å². The summed E-state index contributed by atoms with van der Waals surface area (Å²) >= 11 is 0. The SMILES string of the molecule is CC(C)[C@H](N)C(=O)NCCN. The van der Waals surface area contributed by atoms with Gasteiger partial charge < -0.3 is 16.8 Å². The highest BCUT2D eigenvalue weighted by molar-refractivity contribution is 5.81. The molecule has 0 fully saturated rings.